The second-order valence-electron chi connectivity index (χ2n) is 5.56. The first-order valence-corrected chi connectivity index (χ1v) is 7.10. The highest BCUT2D eigenvalue weighted by Crippen LogP contribution is 2.27. The molecule has 0 atom stereocenters. The molecule has 0 aromatic heterocycles. The molecule has 1 saturated carbocycles. The molecular formula is C16H20N2O2. The molecule has 2 N–H and O–H groups in total. The first-order valence-electron chi connectivity index (χ1n) is 7.10. The lowest BCUT2D eigenvalue weighted by Gasteiger charge is -2.26. The van der Waals surface area contributed by atoms with Crippen LogP contribution in [0.5, 0.6) is 5.75 Å². The monoisotopic (exact) mass is 272 g/mol. The van der Waals surface area contributed by atoms with Crippen LogP contribution in [0.1, 0.15) is 54.4 Å². The number of amides is 1. The van der Waals surface area contributed by atoms with Crippen LogP contribution in [0.4, 0.5) is 0 Å². The lowest BCUT2D eigenvalue weighted by Crippen LogP contribution is -2.47. The molecule has 0 unspecified atom stereocenters. The Morgan fingerprint density at radius 2 is 1.95 bits per heavy atom. The van der Waals surface area contributed by atoms with Crippen molar-refractivity contribution in [1.29, 1.82) is 5.26 Å². The Morgan fingerprint density at radius 3 is 2.50 bits per heavy atom. The van der Waals surface area contributed by atoms with Gasteiger partial charge in [0.1, 0.15) is 11.3 Å². The molecule has 1 aromatic carbocycles. The number of nitrogens with zero attached hydrogens (tertiary/aromatic N) is 1. The molecule has 0 heterocycles. The van der Waals surface area contributed by atoms with E-state index in [4.69, 9.17) is 0 Å². The van der Waals surface area contributed by atoms with Gasteiger partial charge in [0.05, 0.1) is 6.07 Å². The number of phenols is 1. The summed E-state index contributed by atoms with van der Waals surface area (Å²) in [6, 6.07) is 6.96. The Morgan fingerprint density at radius 1 is 1.30 bits per heavy atom. The summed E-state index contributed by atoms with van der Waals surface area (Å²) in [4.78, 5) is 12.4. The highest BCUT2D eigenvalue weighted by molar-refractivity contribution is 5.96. The molecule has 1 amide bonds. The molecule has 0 saturated heterocycles. The summed E-state index contributed by atoms with van der Waals surface area (Å²) >= 11 is 0. The predicted octanol–water partition coefficient (Wildman–Crippen LogP) is 3.05. The minimum atomic E-state index is -0.738. The molecular weight excluding hydrogens is 252 g/mol. The highest BCUT2D eigenvalue weighted by Gasteiger charge is 2.33. The third kappa shape index (κ3) is 3.11. The van der Waals surface area contributed by atoms with Gasteiger partial charge in [0.25, 0.3) is 5.91 Å². The maximum absolute atomic E-state index is 12.4. The zero-order valence-electron chi connectivity index (χ0n) is 11.8. The highest BCUT2D eigenvalue weighted by atomic mass is 16.3. The number of aromatic hydroxyl groups is 1. The van der Waals surface area contributed by atoms with Crippen molar-refractivity contribution in [2.24, 2.45) is 0 Å². The molecule has 2 rings (SSSR count). The van der Waals surface area contributed by atoms with Crippen molar-refractivity contribution in [2.45, 2.75) is 51.0 Å². The van der Waals surface area contributed by atoms with Crippen molar-refractivity contribution in [2.75, 3.05) is 0 Å². The van der Waals surface area contributed by atoms with E-state index >= 15 is 0 Å². The molecule has 20 heavy (non-hydrogen) atoms. The minimum absolute atomic E-state index is 0.142. The quantitative estimate of drug-likeness (QED) is 0.813. The Bertz CT molecular complexity index is 538. The zero-order valence-corrected chi connectivity index (χ0v) is 11.8. The summed E-state index contributed by atoms with van der Waals surface area (Å²) in [5.41, 5.74) is 0.489. The number of carbonyl (C=O) groups excluding carboxylic acids is 1. The molecule has 4 heteroatoms. The van der Waals surface area contributed by atoms with Gasteiger partial charge in [-0.15, -0.1) is 0 Å². The summed E-state index contributed by atoms with van der Waals surface area (Å²) in [5, 5.41) is 21.8. The maximum atomic E-state index is 12.4. The molecule has 1 fully saturated rings. The van der Waals surface area contributed by atoms with Crippen LogP contribution < -0.4 is 5.32 Å². The van der Waals surface area contributed by atoms with E-state index in [-0.39, 0.29) is 11.7 Å². The second-order valence-corrected chi connectivity index (χ2v) is 5.56. The number of hydrogen-bond acceptors (Lipinski definition) is 3. The van der Waals surface area contributed by atoms with Gasteiger partial charge in [-0.05, 0) is 43.5 Å². The summed E-state index contributed by atoms with van der Waals surface area (Å²) in [6.07, 6.45) is 5.62. The molecule has 0 bridgehead atoms. The molecule has 1 aliphatic carbocycles. The summed E-state index contributed by atoms with van der Waals surface area (Å²) in [5.74, 6) is -0.0885. The van der Waals surface area contributed by atoms with Crippen molar-refractivity contribution in [3.63, 3.8) is 0 Å². The Hall–Kier alpha value is -2.02. The number of hydrogen-bond donors (Lipinski definition) is 2. The fourth-order valence-electron chi connectivity index (χ4n) is 2.78. The summed E-state index contributed by atoms with van der Waals surface area (Å²) in [6.45, 7) is 1.78. The molecule has 0 aliphatic heterocycles. The first kappa shape index (κ1) is 14.4. The molecule has 0 spiro atoms. The van der Waals surface area contributed by atoms with Crippen LogP contribution in [-0.2, 0) is 0 Å². The van der Waals surface area contributed by atoms with Crippen LogP contribution in [0.3, 0.4) is 0 Å². The molecule has 1 aromatic rings. The van der Waals surface area contributed by atoms with Crippen molar-refractivity contribution in [3.8, 4) is 11.8 Å². The normalized spacial score (nSPS) is 17.8. The lowest BCUT2D eigenvalue weighted by molar-refractivity contribution is 0.0912. The molecule has 4 nitrogen and oxygen atoms in total. The average molecular weight is 272 g/mol. The minimum Gasteiger partial charge on any atom is -0.508 e. The van der Waals surface area contributed by atoms with E-state index in [1.165, 1.54) is 6.07 Å². The Balaban J connectivity index is 2.18. The summed E-state index contributed by atoms with van der Waals surface area (Å²) in [7, 11) is 0. The number of carbonyl (C=O) groups is 1. The van der Waals surface area contributed by atoms with Crippen LogP contribution >= 0.6 is 0 Å². The number of nitrogens with one attached hydrogen (secondary N) is 1. The standard InChI is InChI=1S/C16H20N2O2/c1-12-10-13(19)6-7-14(12)15(20)18-16(11-17)8-4-2-3-5-9-16/h6-7,10,19H,2-5,8-9H2,1H3,(H,18,20). The van der Waals surface area contributed by atoms with E-state index in [1.807, 2.05) is 0 Å². The number of benzene rings is 1. The van der Waals surface area contributed by atoms with Crippen LogP contribution in [0.2, 0.25) is 0 Å². The van der Waals surface area contributed by atoms with Gasteiger partial charge in [0.2, 0.25) is 0 Å². The average Bonchev–Trinajstić information content (AvgIpc) is 2.64. The Kier molecular flexibility index (Phi) is 4.29. The first-order chi connectivity index (χ1) is 9.56. The number of phenolic OH excluding ortho intramolecular Hbond substituents is 1. The SMILES string of the molecule is Cc1cc(O)ccc1C(=O)NC1(C#N)CCCCCC1. The van der Waals surface area contributed by atoms with Crippen LogP contribution in [0.15, 0.2) is 18.2 Å². The van der Waals surface area contributed by atoms with Crippen LogP contribution in [-0.4, -0.2) is 16.6 Å². The van der Waals surface area contributed by atoms with Gasteiger partial charge in [0, 0.05) is 5.56 Å². The lowest BCUT2D eigenvalue weighted by atomic mass is 9.91. The van der Waals surface area contributed by atoms with Gasteiger partial charge in [0.15, 0.2) is 0 Å². The Labute approximate surface area is 119 Å². The van der Waals surface area contributed by atoms with Gasteiger partial charge in [-0.1, -0.05) is 25.7 Å². The molecule has 106 valence electrons. The van der Waals surface area contributed by atoms with E-state index in [0.717, 1.165) is 25.7 Å². The van der Waals surface area contributed by atoms with Gasteiger partial charge in [-0.3, -0.25) is 4.79 Å². The molecule has 1 aliphatic rings. The van der Waals surface area contributed by atoms with Gasteiger partial charge in [-0.25, -0.2) is 0 Å². The van der Waals surface area contributed by atoms with Crippen molar-refractivity contribution in [1.82, 2.24) is 5.32 Å². The van der Waals surface area contributed by atoms with E-state index < -0.39 is 5.54 Å². The third-order valence-electron chi connectivity index (χ3n) is 3.98. The largest absolute Gasteiger partial charge is 0.508 e. The summed E-state index contributed by atoms with van der Waals surface area (Å²) < 4.78 is 0. The van der Waals surface area contributed by atoms with Gasteiger partial charge >= 0.3 is 0 Å². The fourth-order valence-corrected chi connectivity index (χ4v) is 2.78. The smallest absolute Gasteiger partial charge is 0.252 e. The number of nitriles is 1. The van der Waals surface area contributed by atoms with Crippen molar-refractivity contribution >= 4 is 5.91 Å². The van der Waals surface area contributed by atoms with Crippen LogP contribution in [0.25, 0.3) is 0 Å². The van der Waals surface area contributed by atoms with Crippen molar-refractivity contribution < 1.29 is 9.90 Å². The number of aryl methyl sites for hydroxylation is 1. The second kappa shape index (κ2) is 5.96. The molecule has 0 radical (unpaired) electrons. The van der Waals surface area contributed by atoms with E-state index in [9.17, 15) is 15.2 Å². The third-order valence-corrected chi connectivity index (χ3v) is 3.98. The topological polar surface area (TPSA) is 73.1 Å². The number of rotatable bonds is 2. The zero-order chi connectivity index (χ0) is 14.6. The van der Waals surface area contributed by atoms with E-state index in [0.29, 0.717) is 24.0 Å². The van der Waals surface area contributed by atoms with Gasteiger partial charge in [-0.2, -0.15) is 5.26 Å². The van der Waals surface area contributed by atoms with E-state index in [2.05, 4.69) is 11.4 Å². The maximum Gasteiger partial charge on any atom is 0.252 e. The predicted molar refractivity (Wildman–Crippen MR) is 76.4 cm³/mol. The van der Waals surface area contributed by atoms with Crippen LogP contribution in [0, 0.1) is 18.3 Å². The van der Waals surface area contributed by atoms with Gasteiger partial charge < -0.3 is 10.4 Å². The van der Waals surface area contributed by atoms with E-state index in [1.54, 1.807) is 19.1 Å². The fraction of sp³-hybridized carbons (Fsp3) is 0.500. The van der Waals surface area contributed by atoms with Crippen molar-refractivity contribution in [3.05, 3.63) is 29.3 Å².